The standard InChI is InChI=1S/C10H14N2O3/c1-7-4-5-8(10(2,3)15-11)6-9(7)12(13)14/h4-6H,11H2,1-3H3. The van der Waals surface area contributed by atoms with Gasteiger partial charge in [0.1, 0.15) is 5.60 Å². The van der Waals surface area contributed by atoms with Gasteiger partial charge in [-0.3, -0.25) is 15.0 Å². The first-order valence-corrected chi connectivity index (χ1v) is 4.52. The Morgan fingerprint density at radius 3 is 2.53 bits per heavy atom. The third-order valence-corrected chi connectivity index (χ3v) is 2.40. The molecule has 5 heteroatoms. The summed E-state index contributed by atoms with van der Waals surface area (Å²) in [6, 6.07) is 4.95. The number of nitrogens with zero attached hydrogens (tertiary/aromatic N) is 1. The number of hydrogen-bond acceptors (Lipinski definition) is 4. The Morgan fingerprint density at radius 1 is 1.47 bits per heavy atom. The highest BCUT2D eigenvalue weighted by molar-refractivity contribution is 5.43. The normalized spacial score (nSPS) is 11.5. The molecule has 0 radical (unpaired) electrons. The van der Waals surface area contributed by atoms with Crippen LogP contribution in [0.4, 0.5) is 5.69 Å². The van der Waals surface area contributed by atoms with Crippen LogP contribution in [-0.2, 0) is 10.4 Å². The molecule has 0 saturated carbocycles. The van der Waals surface area contributed by atoms with Gasteiger partial charge in [-0.1, -0.05) is 12.1 Å². The summed E-state index contributed by atoms with van der Waals surface area (Å²) in [6.07, 6.45) is 0. The maximum atomic E-state index is 10.7. The van der Waals surface area contributed by atoms with E-state index in [0.717, 1.165) is 0 Å². The van der Waals surface area contributed by atoms with Crippen molar-refractivity contribution < 1.29 is 9.76 Å². The number of hydrogen-bond donors (Lipinski definition) is 1. The number of benzene rings is 1. The van der Waals surface area contributed by atoms with Crippen LogP contribution in [0.5, 0.6) is 0 Å². The average Bonchev–Trinajstić information content (AvgIpc) is 2.17. The van der Waals surface area contributed by atoms with Crippen LogP contribution in [-0.4, -0.2) is 4.92 Å². The molecule has 0 atom stereocenters. The van der Waals surface area contributed by atoms with Crippen molar-refractivity contribution in [2.75, 3.05) is 0 Å². The number of nitro groups is 1. The molecule has 0 bridgehead atoms. The van der Waals surface area contributed by atoms with E-state index in [2.05, 4.69) is 0 Å². The van der Waals surface area contributed by atoms with E-state index in [1.165, 1.54) is 6.07 Å². The summed E-state index contributed by atoms with van der Waals surface area (Å²) in [5.74, 6) is 5.13. The van der Waals surface area contributed by atoms with Gasteiger partial charge in [0, 0.05) is 11.6 Å². The van der Waals surface area contributed by atoms with Crippen molar-refractivity contribution >= 4 is 5.69 Å². The van der Waals surface area contributed by atoms with Crippen molar-refractivity contribution in [2.24, 2.45) is 5.90 Å². The smallest absolute Gasteiger partial charge is 0.272 e. The second-order valence-corrected chi connectivity index (χ2v) is 3.89. The van der Waals surface area contributed by atoms with Gasteiger partial charge >= 0.3 is 0 Å². The maximum Gasteiger partial charge on any atom is 0.272 e. The molecule has 0 amide bonds. The Morgan fingerprint density at radius 2 is 2.07 bits per heavy atom. The fraction of sp³-hybridized carbons (Fsp3) is 0.400. The number of aryl methyl sites for hydroxylation is 1. The lowest BCUT2D eigenvalue weighted by molar-refractivity contribution is -0.385. The molecule has 0 spiro atoms. The first kappa shape index (κ1) is 11.6. The van der Waals surface area contributed by atoms with Crippen molar-refractivity contribution in [3.8, 4) is 0 Å². The molecule has 0 saturated heterocycles. The van der Waals surface area contributed by atoms with Gasteiger partial charge < -0.3 is 0 Å². The third-order valence-electron chi connectivity index (χ3n) is 2.40. The quantitative estimate of drug-likeness (QED) is 0.611. The fourth-order valence-electron chi connectivity index (χ4n) is 1.25. The van der Waals surface area contributed by atoms with E-state index in [0.29, 0.717) is 11.1 Å². The maximum absolute atomic E-state index is 10.7. The second-order valence-electron chi connectivity index (χ2n) is 3.89. The minimum absolute atomic E-state index is 0.0811. The largest absolute Gasteiger partial charge is 0.294 e. The molecule has 82 valence electrons. The summed E-state index contributed by atoms with van der Waals surface area (Å²) in [6.45, 7) is 5.20. The Balaban J connectivity index is 3.25. The van der Waals surface area contributed by atoms with Gasteiger partial charge in [-0.05, 0) is 26.3 Å². The van der Waals surface area contributed by atoms with Gasteiger partial charge in [0.25, 0.3) is 5.69 Å². The van der Waals surface area contributed by atoms with E-state index < -0.39 is 10.5 Å². The molecule has 0 unspecified atom stereocenters. The third kappa shape index (κ3) is 2.31. The highest BCUT2D eigenvalue weighted by atomic mass is 16.6. The summed E-state index contributed by atoms with van der Waals surface area (Å²) in [5, 5.41) is 10.7. The number of nitrogens with two attached hydrogens (primary N) is 1. The van der Waals surface area contributed by atoms with Gasteiger partial charge in [-0.2, -0.15) is 0 Å². The van der Waals surface area contributed by atoms with Crippen LogP contribution in [0.15, 0.2) is 18.2 Å². The van der Waals surface area contributed by atoms with Crippen molar-refractivity contribution in [3.05, 3.63) is 39.4 Å². The lowest BCUT2D eigenvalue weighted by Gasteiger charge is -2.22. The van der Waals surface area contributed by atoms with Crippen LogP contribution in [0, 0.1) is 17.0 Å². The molecule has 0 aliphatic heterocycles. The lowest BCUT2D eigenvalue weighted by atomic mass is 9.96. The SMILES string of the molecule is Cc1ccc(C(C)(C)ON)cc1[N+](=O)[O-]. The van der Waals surface area contributed by atoms with E-state index in [4.69, 9.17) is 10.7 Å². The lowest BCUT2D eigenvalue weighted by Crippen LogP contribution is -2.25. The van der Waals surface area contributed by atoms with Crippen molar-refractivity contribution in [3.63, 3.8) is 0 Å². The van der Waals surface area contributed by atoms with Gasteiger partial charge in [0.05, 0.1) is 4.92 Å². The van der Waals surface area contributed by atoms with E-state index in [1.807, 2.05) is 0 Å². The molecule has 0 heterocycles. The molecule has 0 aromatic heterocycles. The molecule has 0 fully saturated rings. The molecule has 1 aromatic rings. The van der Waals surface area contributed by atoms with Gasteiger partial charge in [0.15, 0.2) is 0 Å². The molecule has 15 heavy (non-hydrogen) atoms. The Hall–Kier alpha value is -1.46. The van der Waals surface area contributed by atoms with Crippen LogP contribution in [0.2, 0.25) is 0 Å². The highest BCUT2D eigenvalue weighted by Gasteiger charge is 2.23. The van der Waals surface area contributed by atoms with Crippen LogP contribution < -0.4 is 5.90 Å². The van der Waals surface area contributed by atoms with Crippen molar-refractivity contribution in [2.45, 2.75) is 26.4 Å². The minimum atomic E-state index is -0.724. The minimum Gasteiger partial charge on any atom is -0.294 e. The van der Waals surface area contributed by atoms with Crippen molar-refractivity contribution in [1.29, 1.82) is 0 Å². The van der Waals surface area contributed by atoms with E-state index >= 15 is 0 Å². The van der Waals surface area contributed by atoms with E-state index in [1.54, 1.807) is 32.9 Å². The Bertz CT molecular complexity index is 388. The topological polar surface area (TPSA) is 78.4 Å². The highest BCUT2D eigenvalue weighted by Crippen LogP contribution is 2.28. The first-order chi connectivity index (χ1) is 6.88. The predicted octanol–water partition coefficient (Wildman–Crippen LogP) is 2.03. The van der Waals surface area contributed by atoms with Crippen LogP contribution in [0.1, 0.15) is 25.0 Å². The summed E-state index contributed by atoms with van der Waals surface area (Å²) in [5.41, 5.74) is 0.662. The molecule has 1 rings (SSSR count). The van der Waals surface area contributed by atoms with Crippen LogP contribution in [0.25, 0.3) is 0 Å². The fourth-order valence-corrected chi connectivity index (χ4v) is 1.25. The van der Waals surface area contributed by atoms with E-state index in [-0.39, 0.29) is 5.69 Å². The van der Waals surface area contributed by atoms with Crippen LogP contribution in [0.3, 0.4) is 0 Å². The molecule has 2 N–H and O–H groups in total. The number of rotatable bonds is 3. The molecular weight excluding hydrogens is 196 g/mol. The zero-order chi connectivity index (χ0) is 11.6. The molecular formula is C10H14N2O3. The zero-order valence-electron chi connectivity index (χ0n) is 8.98. The van der Waals surface area contributed by atoms with Gasteiger partial charge in [-0.25, -0.2) is 5.90 Å². The molecule has 0 aliphatic rings. The predicted molar refractivity (Wildman–Crippen MR) is 56.1 cm³/mol. The van der Waals surface area contributed by atoms with E-state index in [9.17, 15) is 10.1 Å². The Kier molecular flexibility index (Phi) is 3.06. The molecule has 5 nitrogen and oxygen atoms in total. The average molecular weight is 210 g/mol. The summed E-state index contributed by atoms with van der Waals surface area (Å²) in [7, 11) is 0. The zero-order valence-corrected chi connectivity index (χ0v) is 8.98. The summed E-state index contributed by atoms with van der Waals surface area (Å²) in [4.78, 5) is 15.1. The van der Waals surface area contributed by atoms with Crippen molar-refractivity contribution in [1.82, 2.24) is 0 Å². The van der Waals surface area contributed by atoms with Gasteiger partial charge in [0.2, 0.25) is 0 Å². The van der Waals surface area contributed by atoms with Crippen LogP contribution >= 0.6 is 0 Å². The monoisotopic (exact) mass is 210 g/mol. The first-order valence-electron chi connectivity index (χ1n) is 4.52. The Labute approximate surface area is 88.0 Å². The second kappa shape index (κ2) is 3.96. The molecule has 1 aromatic carbocycles. The van der Waals surface area contributed by atoms with Gasteiger partial charge in [-0.15, -0.1) is 0 Å². The number of nitro benzene ring substituents is 1. The summed E-state index contributed by atoms with van der Waals surface area (Å²) < 4.78 is 0. The molecule has 0 aliphatic carbocycles. The summed E-state index contributed by atoms with van der Waals surface area (Å²) >= 11 is 0.